The van der Waals surface area contributed by atoms with Crippen LogP contribution in [-0.2, 0) is 6.54 Å². The Bertz CT molecular complexity index is 1330. The van der Waals surface area contributed by atoms with Crippen molar-refractivity contribution < 1.29 is 4.79 Å². The van der Waals surface area contributed by atoms with Gasteiger partial charge in [0, 0.05) is 39.5 Å². The molecular formula is C25H19NO. The minimum absolute atomic E-state index is 0.0657. The van der Waals surface area contributed by atoms with Crippen LogP contribution in [0.5, 0.6) is 0 Å². The van der Waals surface area contributed by atoms with E-state index in [2.05, 4.69) is 47.9 Å². The van der Waals surface area contributed by atoms with Crippen LogP contribution in [0.15, 0.2) is 84.9 Å². The van der Waals surface area contributed by atoms with Crippen LogP contribution in [0.25, 0.3) is 32.6 Å². The van der Waals surface area contributed by atoms with E-state index in [1.807, 2.05) is 48.5 Å². The second-order valence-electron chi connectivity index (χ2n) is 6.88. The maximum absolute atomic E-state index is 13.1. The summed E-state index contributed by atoms with van der Waals surface area (Å²) < 4.78 is 2.30. The molecule has 2 heteroatoms. The van der Waals surface area contributed by atoms with Crippen LogP contribution < -0.4 is 0 Å². The molecule has 0 unspecified atom stereocenters. The Kier molecular flexibility index (Phi) is 3.58. The summed E-state index contributed by atoms with van der Waals surface area (Å²) in [4.78, 5) is 13.1. The van der Waals surface area contributed by atoms with Crippen LogP contribution in [0.2, 0.25) is 0 Å². The van der Waals surface area contributed by atoms with E-state index in [0.29, 0.717) is 0 Å². The van der Waals surface area contributed by atoms with Gasteiger partial charge < -0.3 is 4.57 Å². The number of nitrogens with zero attached hydrogens (tertiary/aromatic N) is 1. The number of aromatic nitrogens is 1. The van der Waals surface area contributed by atoms with E-state index in [0.717, 1.165) is 33.8 Å². The second kappa shape index (κ2) is 6.10. The molecule has 0 aliphatic rings. The fourth-order valence-corrected chi connectivity index (χ4v) is 4.03. The van der Waals surface area contributed by atoms with Gasteiger partial charge in [-0.25, -0.2) is 0 Å². The van der Waals surface area contributed by atoms with Crippen LogP contribution in [-0.4, -0.2) is 10.4 Å². The average molecular weight is 349 g/mol. The Morgan fingerprint density at radius 3 is 2.22 bits per heavy atom. The highest BCUT2D eigenvalue weighted by Crippen LogP contribution is 2.30. The molecule has 4 aromatic carbocycles. The lowest BCUT2D eigenvalue weighted by Crippen LogP contribution is -2.01. The largest absolute Gasteiger partial charge is 0.341 e. The SMILES string of the molecule is CCn1c2ccccc2c2cc(C(=O)c3ccc4ccccc4c3)ccc21. The molecule has 0 N–H and O–H groups in total. The normalized spacial score (nSPS) is 11.4. The van der Waals surface area contributed by atoms with Crippen molar-refractivity contribution in [1.29, 1.82) is 0 Å². The Morgan fingerprint density at radius 2 is 1.37 bits per heavy atom. The predicted octanol–water partition coefficient (Wildman–Crippen LogP) is 6.20. The van der Waals surface area contributed by atoms with Gasteiger partial charge in [-0.1, -0.05) is 54.6 Å². The number of ketones is 1. The van der Waals surface area contributed by atoms with Crippen molar-refractivity contribution in [2.45, 2.75) is 13.5 Å². The Hall–Kier alpha value is -3.39. The number of fused-ring (bicyclic) bond motifs is 4. The number of aryl methyl sites for hydroxylation is 1. The molecular weight excluding hydrogens is 330 g/mol. The van der Waals surface area contributed by atoms with Gasteiger partial charge in [0.25, 0.3) is 0 Å². The fourth-order valence-electron chi connectivity index (χ4n) is 4.03. The first-order chi connectivity index (χ1) is 13.3. The molecule has 0 bridgehead atoms. The average Bonchev–Trinajstić information content (AvgIpc) is 3.06. The molecule has 0 spiro atoms. The monoisotopic (exact) mass is 349 g/mol. The second-order valence-corrected chi connectivity index (χ2v) is 6.88. The molecule has 5 aromatic rings. The van der Waals surface area contributed by atoms with Crippen molar-refractivity contribution in [2.24, 2.45) is 0 Å². The molecule has 5 rings (SSSR count). The lowest BCUT2D eigenvalue weighted by molar-refractivity contribution is 0.103. The van der Waals surface area contributed by atoms with Gasteiger partial charge in [0.1, 0.15) is 0 Å². The third-order valence-electron chi connectivity index (χ3n) is 5.36. The topological polar surface area (TPSA) is 22.0 Å². The van der Waals surface area contributed by atoms with Crippen LogP contribution in [0.1, 0.15) is 22.8 Å². The summed E-state index contributed by atoms with van der Waals surface area (Å²) in [6, 6.07) is 28.5. The first-order valence-electron chi connectivity index (χ1n) is 9.31. The van der Waals surface area contributed by atoms with Crippen LogP contribution in [0.3, 0.4) is 0 Å². The number of hydrogen-bond donors (Lipinski definition) is 0. The highest BCUT2D eigenvalue weighted by molar-refractivity contribution is 6.15. The Morgan fingerprint density at radius 1 is 0.704 bits per heavy atom. The lowest BCUT2D eigenvalue weighted by atomic mass is 9.98. The molecule has 0 fully saturated rings. The zero-order valence-corrected chi connectivity index (χ0v) is 15.1. The quantitative estimate of drug-likeness (QED) is 0.356. The van der Waals surface area contributed by atoms with E-state index < -0.39 is 0 Å². The summed E-state index contributed by atoms with van der Waals surface area (Å²) in [5, 5.41) is 4.57. The molecule has 0 aliphatic heterocycles. The highest BCUT2D eigenvalue weighted by atomic mass is 16.1. The molecule has 0 saturated heterocycles. The van der Waals surface area contributed by atoms with Gasteiger partial charge in [-0.3, -0.25) is 4.79 Å². The fraction of sp³-hybridized carbons (Fsp3) is 0.0800. The molecule has 0 aliphatic carbocycles. The lowest BCUT2D eigenvalue weighted by Gasteiger charge is -2.05. The smallest absolute Gasteiger partial charge is 0.193 e. The van der Waals surface area contributed by atoms with E-state index in [1.165, 1.54) is 16.4 Å². The molecule has 0 saturated carbocycles. The molecule has 1 heterocycles. The first kappa shape index (κ1) is 15.8. The Balaban J connectivity index is 1.67. The third-order valence-corrected chi connectivity index (χ3v) is 5.36. The van der Waals surface area contributed by atoms with Crippen molar-refractivity contribution in [2.75, 3.05) is 0 Å². The number of rotatable bonds is 3. The maximum atomic E-state index is 13.1. The summed E-state index contributed by atoms with van der Waals surface area (Å²) in [6.07, 6.45) is 0. The number of carbonyl (C=O) groups excluding carboxylic acids is 1. The molecule has 2 nitrogen and oxygen atoms in total. The number of hydrogen-bond acceptors (Lipinski definition) is 1. The Labute approximate surface area is 157 Å². The van der Waals surface area contributed by atoms with Gasteiger partial charge >= 0.3 is 0 Å². The minimum atomic E-state index is 0.0657. The molecule has 0 atom stereocenters. The van der Waals surface area contributed by atoms with E-state index in [-0.39, 0.29) is 5.78 Å². The highest BCUT2D eigenvalue weighted by Gasteiger charge is 2.14. The van der Waals surface area contributed by atoms with Gasteiger partial charge in [0.2, 0.25) is 0 Å². The number of carbonyl (C=O) groups is 1. The number of benzene rings is 4. The molecule has 0 amide bonds. The van der Waals surface area contributed by atoms with E-state index in [4.69, 9.17) is 0 Å². The van der Waals surface area contributed by atoms with Crippen molar-refractivity contribution in [3.8, 4) is 0 Å². The van der Waals surface area contributed by atoms with Crippen LogP contribution in [0.4, 0.5) is 0 Å². The predicted molar refractivity (Wildman–Crippen MR) is 112 cm³/mol. The third kappa shape index (κ3) is 2.45. The summed E-state index contributed by atoms with van der Waals surface area (Å²) in [6.45, 7) is 3.06. The van der Waals surface area contributed by atoms with Crippen molar-refractivity contribution in [3.05, 3.63) is 96.1 Å². The molecule has 0 radical (unpaired) electrons. The van der Waals surface area contributed by atoms with Crippen molar-refractivity contribution in [1.82, 2.24) is 4.57 Å². The minimum Gasteiger partial charge on any atom is -0.341 e. The molecule has 27 heavy (non-hydrogen) atoms. The van der Waals surface area contributed by atoms with Crippen LogP contribution >= 0.6 is 0 Å². The number of para-hydroxylation sites is 1. The summed E-state index contributed by atoms with van der Waals surface area (Å²) >= 11 is 0. The maximum Gasteiger partial charge on any atom is 0.193 e. The van der Waals surface area contributed by atoms with Crippen molar-refractivity contribution in [3.63, 3.8) is 0 Å². The van der Waals surface area contributed by atoms with Gasteiger partial charge in [-0.2, -0.15) is 0 Å². The van der Waals surface area contributed by atoms with E-state index in [9.17, 15) is 4.79 Å². The summed E-state index contributed by atoms with van der Waals surface area (Å²) in [7, 11) is 0. The molecule has 130 valence electrons. The van der Waals surface area contributed by atoms with Crippen LogP contribution in [0, 0.1) is 0 Å². The van der Waals surface area contributed by atoms with Gasteiger partial charge in [-0.05, 0) is 48.0 Å². The van der Waals surface area contributed by atoms with E-state index >= 15 is 0 Å². The summed E-state index contributed by atoms with van der Waals surface area (Å²) in [5.74, 6) is 0.0657. The first-order valence-corrected chi connectivity index (χ1v) is 9.31. The van der Waals surface area contributed by atoms with Crippen molar-refractivity contribution >= 4 is 38.4 Å². The summed E-state index contributed by atoms with van der Waals surface area (Å²) in [5.41, 5.74) is 3.85. The standard InChI is InChI=1S/C25H19NO/c1-2-26-23-10-6-5-9-21(23)22-16-20(13-14-24(22)26)25(27)19-12-11-17-7-3-4-8-18(17)15-19/h3-16H,2H2,1H3. The zero-order chi connectivity index (χ0) is 18.4. The van der Waals surface area contributed by atoms with Gasteiger partial charge in [-0.15, -0.1) is 0 Å². The van der Waals surface area contributed by atoms with Gasteiger partial charge in [0.15, 0.2) is 5.78 Å². The van der Waals surface area contributed by atoms with Gasteiger partial charge in [0.05, 0.1) is 0 Å². The van der Waals surface area contributed by atoms with E-state index in [1.54, 1.807) is 0 Å². The molecule has 1 aromatic heterocycles. The zero-order valence-electron chi connectivity index (χ0n) is 15.1.